The van der Waals surface area contributed by atoms with Crippen LogP contribution in [0.3, 0.4) is 0 Å². The van der Waals surface area contributed by atoms with E-state index < -0.39 is 0 Å². The van der Waals surface area contributed by atoms with Gasteiger partial charge in [-0.25, -0.2) is 0 Å². The van der Waals surface area contributed by atoms with Crippen molar-refractivity contribution < 1.29 is 9.90 Å². The van der Waals surface area contributed by atoms with E-state index in [0.29, 0.717) is 6.04 Å². The van der Waals surface area contributed by atoms with E-state index in [1.807, 2.05) is 23.9 Å². The minimum atomic E-state index is 0.107. The molecule has 0 bridgehead atoms. The van der Waals surface area contributed by atoms with Crippen LogP contribution in [0.4, 0.5) is 0 Å². The van der Waals surface area contributed by atoms with Gasteiger partial charge in [-0.15, -0.1) is 0 Å². The van der Waals surface area contributed by atoms with Gasteiger partial charge >= 0.3 is 0 Å². The van der Waals surface area contributed by atoms with E-state index >= 15 is 0 Å². The van der Waals surface area contributed by atoms with Gasteiger partial charge in [0.05, 0.1) is 6.61 Å². The zero-order chi connectivity index (χ0) is 15.2. The number of carbonyl (C=O) groups is 1. The number of carbonyl (C=O) groups excluding carboxylic acids is 1. The first-order valence-electron chi connectivity index (χ1n) is 7.83. The lowest BCUT2D eigenvalue weighted by atomic mass is 10.0. The number of aryl methyl sites for hydroxylation is 1. The topological polar surface area (TPSA) is 57.5 Å². The molecule has 1 unspecified atom stereocenters. The molecule has 1 aliphatic rings. The number of likely N-dealkylation sites (tertiary alicyclic amines) is 1. The Hall–Kier alpha value is -1.17. The highest BCUT2D eigenvalue weighted by Gasteiger charge is 2.20. The summed E-state index contributed by atoms with van der Waals surface area (Å²) in [6.45, 7) is 5.58. The Bertz CT molecular complexity index is 470. The monoisotopic (exact) mass is 293 g/mol. The molecule has 0 amide bonds. The number of aromatic nitrogens is 1. The van der Waals surface area contributed by atoms with Crippen molar-refractivity contribution in [2.75, 3.05) is 26.2 Å². The first kappa shape index (κ1) is 16.2. The van der Waals surface area contributed by atoms with E-state index in [-0.39, 0.29) is 12.4 Å². The average molecular weight is 293 g/mol. The Morgan fingerprint density at radius 1 is 1.48 bits per heavy atom. The lowest BCUT2D eigenvalue weighted by Crippen LogP contribution is -2.44. The molecule has 1 aromatic rings. The first-order valence-corrected chi connectivity index (χ1v) is 7.83. The van der Waals surface area contributed by atoms with Crippen molar-refractivity contribution in [3.05, 3.63) is 23.5 Å². The molecule has 0 spiro atoms. The lowest BCUT2D eigenvalue weighted by Gasteiger charge is -2.34. The van der Waals surface area contributed by atoms with Crippen LogP contribution in [0.15, 0.2) is 12.3 Å². The number of aliphatic hydroxyl groups is 1. The third-order valence-electron chi connectivity index (χ3n) is 4.36. The molecule has 1 fully saturated rings. The van der Waals surface area contributed by atoms with Crippen LogP contribution in [0.2, 0.25) is 0 Å². The largest absolute Gasteiger partial charge is 0.395 e. The van der Waals surface area contributed by atoms with Crippen molar-refractivity contribution in [2.24, 2.45) is 7.05 Å². The maximum atomic E-state index is 11.4. The fourth-order valence-electron chi connectivity index (χ4n) is 2.98. The zero-order valence-corrected chi connectivity index (χ0v) is 13.1. The number of Topliss-reactive ketones (excluding diaryl/α,β-unsaturated/α-hetero) is 1. The highest BCUT2D eigenvalue weighted by Crippen LogP contribution is 2.15. The Labute approximate surface area is 126 Å². The van der Waals surface area contributed by atoms with Crippen molar-refractivity contribution in [3.63, 3.8) is 0 Å². The second-order valence-corrected chi connectivity index (χ2v) is 5.93. The average Bonchev–Trinajstić information content (AvgIpc) is 2.85. The first-order chi connectivity index (χ1) is 10.1. The summed E-state index contributed by atoms with van der Waals surface area (Å²) in [5.74, 6) is 0.107. The summed E-state index contributed by atoms with van der Waals surface area (Å²) in [6, 6.07) is 2.28. The van der Waals surface area contributed by atoms with Crippen LogP contribution in [-0.2, 0) is 13.6 Å². The van der Waals surface area contributed by atoms with Gasteiger partial charge in [0.1, 0.15) is 0 Å². The number of rotatable bonds is 7. The molecule has 2 heterocycles. The van der Waals surface area contributed by atoms with Crippen LogP contribution in [-0.4, -0.2) is 52.6 Å². The Kier molecular flexibility index (Phi) is 5.96. The summed E-state index contributed by atoms with van der Waals surface area (Å²) in [5.41, 5.74) is 1.89. The molecule has 0 aliphatic carbocycles. The van der Waals surface area contributed by atoms with Gasteiger partial charge < -0.3 is 15.0 Å². The third-order valence-corrected chi connectivity index (χ3v) is 4.36. The van der Waals surface area contributed by atoms with Gasteiger partial charge in [-0.2, -0.15) is 0 Å². The summed E-state index contributed by atoms with van der Waals surface area (Å²) in [7, 11) is 1.97. The number of nitrogens with zero attached hydrogens (tertiary/aromatic N) is 2. The van der Waals surface area contributed by atoms with Gasteiger partial charge in [0.15, 0.2) is 5.78 Å². The maximum absolute atomic E-state index is 11.4. The predicted octanol–water partition coefficient (Wildman–Crippen LogP) is 1.16. The Morgan fingerprint density at radius 2 is 2.29 bits per heavy atom. The quantitative estimate of drug-likeness (QED) is 0.585. The number of hydrogen-bond donors (Lipinski definition) is 2. The second kappa shape index (κ2) is 7.73. The van der Waals surface area contributed by atoms with Crippen LogP contribution < -0.4 is 5.32 Å². The van der Waals surface area contributed by atoms with Gasteiger partial charge in [-0.1, -0.05) is 6.42 Å². The van der Waals surface area contributed by atoms with Crippen molar-refractivity contribution >= 4 is 5.78 Å². The number of piperidine rings is 1. The molecule has 1 saturated heterocycles. The predicted molar refractivity (Wildman–Crippen MR) is 83.4 cm³/mol. The molecule has 5 heteroatoms. The van der Waals surface area contributed by atoms with Gasteiger partial charge in [0.2, 0.25) is 0 Å². The van der Waals surface area contributed by atoms with E-state index in [9.17, 15) is 9.90 Å². The molecule has 21 heavy (non-hydrogen) atoms. The molecule has 1 atom stereocenters. The molecule has 5 nitrogen and oxygen atoms in total. The van der Waals surface area contributed by atoms with Crippen molar-refractivity contribution in [3.8, 4) is 0 Å². The van der Waals surface area contributed by atoms with Crippen molar-refractivity contribution in [2.45, 2.75) is 38.8 Å². The summed E-state index contributed by atoms with van der Waals surface area (Å²) in [4.78, 5) is 13.7. The third kappa shape index (κ3) is 4.40. The molecule has 0 aromatic carbocycles. The van der Waals surface area contributed by atoms with Crippen LogP contribution in [0.1, 0.15) is 42.2 Å². The molecule has 2 rings (SSSR count). The highest BCUT2D eigenvalue weighted by atomic mass is 16.3. The Balaban J connectivity index is 1.75. The van der Waals surface area contributed by atoms with E-state index in [2.05, 4.69) is 10.2 Å². The SMILES string of the molecule is CC(=O)c1cc(CNCCN2CCCCC2CO)n(C)c1. The Morgan fingerprint density at radius 3 is 2.95 bits per heavy atom. The van der Waals surface area contributed by atoms with E-state index in [0.717, 1.165) is 43.9 Å². The van der Waals surface area contributed by atoms with Crippen molar-refractivity contribution in [1.82, 2.24) is 14.8 Å². The lowest BCUT2D eigenvalue weighted by molar-refractivity contribution is 0.0910. The van der Waals surface area contributed by atoms with Gasteiger partial charge in [-0.05, 0) is 32.4 Å². The van der Waals surface area contributed by atoms with E-state index in [1.54, 1.807) is 6.92 Å². The smallest absolute Gasteiger partial charge is 0.161 e. The van der Waals surface area contributed by atoms with Crippen LogP contribution in [0.5, 0.6) is 0 Å². The number of nitrogens with one attached hydrogen (secondary N) is 1. The molecule has 0 saturated carbocycles. The molecule has 118 valence electrons. The summed E-state index contributed by atoms with van der Waals surface area (Å²) in [6.07, 6.45) is 5.45. The number of ketones is 1. The summed E-state index contributed by atoms with van der Waals surface area (Å²) in [5, 5.41) is 12.8. The molecule has 0 radical (unpaired) electrons. The highest BCUT2D eigenvalue weighted by molar-refractivity contribution is 5.94. The van der Waals surface area contributed by atoms with Crippen LogP contribution in [0, 0.1) is 0 Å². The maximum Gasteiger partial charge on any atom is 0.161 e. The summed E-state index contributed by atoms with van der Waals surface area (Å²) >= 11 is 0. The second-order valence-electron chi connectivity index (χ2n) is 5.93. The molecular formula is C16H27N3O2. The molecule has 2 N–H and O–H groups in total. The number of aliphatic hydroxyl groups excluding tert-OH is 1. The van der Waals surface area contributed by atoms with E-state index in [1.165, 1.54) is 12.8 Å². The standard InChI is InChI=1S/C16H27N3O2/c1-13(21)14-9-16(18(2)11-14)10-17-6-8-19-7-4-3-5-15(19)12-20/h9,11,15,17,20H,3-8,10,12H2,1-2H3. The summed E-state index contributed by atoms with van der Waals surface area (Å²) < 4.78 is 2.00. The van der Waals surface area contributed by atoms with E-state index in [4.69, 9.17) is 0 Å². The minimum absolute atomic E-state index is 0.107. The molecule has 1 aromatic heterocycles. The van der Waals surface area contributed by atoms with Crippen LogP contribution in [0.25, 0.3) is 0 Å². The van der Waals surface area contributed by atoms with Crippen molar-refractivity contribution in [1.29, 1.82) is 0 Å². The van der Waals surface area contributed by atoms with Gasteiger partial charge in [0.25, 0.3) is 0 Å². The van der Waals surface area contributed by atoms with Crippen LogP contribution >= 0.6 is 0 Å². The molecule has 1 aliphatic heterocycles. The normalized spacial score (nSPS) is 19.9. The minimum Gasteiger partial charge on any atom is -0.395 e. The number of hydrogen-bond acceptors (Lipinski definition) is 4. The zero-order valence-electron chi connectivity index (χ0n) is 13.1. The molecular weight excluding hydrogens is 266 g/mol. The fourth-order valence-corrected chi connectivity index (χ4v) is 2.98. The fraction of sp³-hybridized carbons (Fsp3) is 0.688. The van der Waals surface area contributed by atoms with Gasteiger partial charge in [-0.3, -0.25) is 9.69 Å². The van der Waals surface area contributed by atoms with Gasteiger partial charge in [0, 0.05) is 50.2 Å².